The van der Waals surface area contributed by atoms with E-state index in [2.05, 4.69) is 26.5 Å². The number of rotatable bonds is 6. The fourth-order valence-electron chi connectivity index (χ4n) is 2.88. The molecule has 10 nitrogen and oxygen atoms in total. The molecule has 1 saturated carbocycles. The predicted molar refractivity (Wildman–Crippen MR) is 96.9 cm³/mol. The summed E-state index contributed by atoms with van der Waals surface area (Å²) in [6.45, 7) is 2.43. The van der Waals surface area contributed by atoms with Crippen LogP contribution in [0.4, 0.5) is 0 Å². The number of H-pyrrole nitrogens is 1. The standard InChI is InChI=1S/C16H21N7O.CH2O2/c1-10-12(9-17-19-10)15-18-16(23(21-15)6-3-7-24)14-8-13(11-4-5-11)20-22(14)2;2-1-3/h8-9,11,24H,3-7H2,1-2H3,(H,17,19);1H,(H,2,3). The average Bonchev–Trinajstić information content (AvgIpc) is 3.09. The Kier molecular flexibility index (Phi) is 5.65. The van der Waals surface area contributed by atoms with Crippen LogP contribution in [0.15, 0.2) is 12.3 Å². The first kappa shape index (κ1) is 18.8. The lowest BCUT2D eigenvalue weighted by atomic mass is 10.2. The number of aromatic nitrogens is 7. The highest BCUT2D eigenvalue weighted by Gasteiger charge is 2.28. The van der Waals surface area contributed by atoms with E-state index in [-0.39, 0.29) is 13.1 Å². The zero-order chi connectivity index (χ0) is 19.4. The number of nitrogens with zero attached hydrogens (tertiary/aromatic N) is 6. The summed E-state index contributed by atoms with van der Waals surface area (Å²) < 4.78 is 3.73. The van der Waals surface area contributed by atoms with E-state index in [4.69, 9.17) is 20.0 Å². The van der Waals surface area contributed by atoms with Crippen molar-refractivity contribution in [2.75, 3.05) is 6.61 Å². The van der Waals surface area contributed by atoms with Gasteiger partial charge in [0, 0.05) is 31.8 Å². The Morgan fingerprint density at radius 2 is 2.11 bits per heavy atom. The van der Waals surface area contributed by atoms with Crippen LogP contribution in [0, 0.1) is 6.92 Å². The van der Waals surface area contributed by atoms with Gasteiger partial charge >= 0.3 is 0 Å². The van der Waals surface area contributed by atoms with Crippen LogP contribution >= 0.6 is 0 Å². The monoisotopic (exact) mass is 373 g/mol. The van der Waals surface area contributed by atoms with Crippen molar-refractivity contribution in [2.45, 2.75) is 38.6 Å². The van der Waals surface area contributed by atoms with E-state index in [9.17, 15) is 0 Å². The highest BCUT2D eigenvalue weighted by Crippen LogP contribution is 2.40. The molecule has 0 unspecified atom stereocenters. The van der Waals surface area contributed by atoms with Crippen LogP contribution in [-0.4, -0.2) is 58.0 Å². The molecule has 0 aromatic carbocycles. The number of nitrogens with one attached hydrogen (secondary N) is 1. The lowest BCUT2D eigenvalue weighted by Gasteiger charge is -2.04. The van der Waals surface area contributed by atoms with Gasteiger partial charge in [0.15, 0.2) is 11.6 Å². The summed E-state index contributed by atoms with van der Waals surface area (Å²) in [6, 6.07) is 2.11. The second kappa shape index (κ2) is 8.12. The molecule has 1 aliphatic rings. The normalized spacial score (nSPS) is 13.3. The van der Waals surface area contributed by atoms with Gasteiger partial charge < -0.3 is 10.2 Å². The number of hydrogen-bond acceptors (Lipinski definition) is 6. The summed E-state index contributed by atoms with van der Waals surface area (Å²) in [5.41, 5.74) is 3.91. The van der Waals surface area contributed by atoms with E-state index in [1.54, 1.807) is 6.20 Å². The smallest absolute Gasteiger partial charge is 0.290 e. The maximum absolute atomic E-state index is 9.17. The van der Waals surface area contributed by atoms with Crippen LogP contribution in [0.1, 0.15) is 36.6 Å². The number of aliphatic hydroxyl groups is 1. The topological polar surface area (TPSA) is 135 Å². The van der Waals surface area contributed by atoms with Gasteiger partial charge in [0.1, 0.15) is 5.69 Å². The third kappa shape index (κ3) is 4.05. The maximum Gasteiger partial charge on any atom is 0.290 e. The summed E-state index contributed by atoms with van der Waals surface area (Å²) in [6.07, 6.45) is 4.80. The van der Waals surface area contributed by atoms with Crippen molar-refractivity contribution in [2.24, 2.45) is 7.05 Å². The summed E-state index contributed by atoms with van der Waals surface area (Å²) in [4.78, 5) is 13.1. The Labute approximate surface area is 155 Å². The molecule has 3 N–H and O–H groups in total. The molecule has 0 atom stereocenters. The van der Waals surface area contributed by atoms with E-state index in [1.807, 2.05) is 23.3 Å². The fourth-order valence-corrected chi connectivity index (χ4v) is 2.88. The number of carboxylic acid groups (broad SMARTS) is 1. The highest BCUT2D eigenvalue weighted by atomic mass is 16.3. The van der Waals surface area contributed by atoms with Crippen molar-refractivity contribution in [3.63, 3.8) is 0 Å². The van der Waals surface area contributed by atoms with Crippen LogP contribution in [0.25, 0.3) is 22.9 Å². The molecule has 0 bridgehead atoms. The SMILES string of the molecule is Cc1[nH]ncc1-c1nc(-c2cc(C3CC3)nn2C)n(CCCO)n1.O=CO. The lowest BCUT2D eigenvalue weighted by Crippen LogP contribution is -2.06. The van der Waals surface area contributed by atoms with Gasteiger partial charge in [-0.05, 0) is 32.3 Å². The third-order valence-electron chi connectivity index (χ3n) is 4.39. The molecular formula is C17H23N7O3. The van der Waals surface area contributed by atoms with E-state index in [1.165, 1.54) is 12.8 Å². The highest BCUT2D eigenvalue weighted by molar-refractivity contribution is 5.61. The van der Waals surface area contributed by atoms with Gasteiger partial charge in [-0.2, -0.15) is 15.3 Å². The molecule has 3 aromatic heterocycles. The van der Waals surface area contributed by atoms with Gasteiger partial charge in [-0.25, -0.2) is 9.67 Å². The molecule has 0 amide bonds. The summed E-state index contributed by atoms with van der Waals surface area (Å²) in [7, 11) is 1.94. The van der Waals surface area contributed by atoms with E-state index in [0.717, 1.165) is 28.5 Å². The van der Waals surface area contributed by atoms with Crippen molar-refractivity contribution in [1.29, 1.82) is 0 Å². The van der Waals surface area contributed by atoms with Crippen LogP contribution < -0.4 is 0 Å². The Hall–Kier alpha value is -3.01. The zero-order valence-electron chi connectivity index (χ0n) is 15.3. The fraction of sp³-hybridized carbons (Fsp3) is 0.471. The van der Waals surface area contributed by atoms with E-state index in [0.29, 0.717) is 24.7 Å². The Morgan fingerprint density at radius 1 is 1.37 bits per heavy atom. The molecule has 10 heteroatoms. The molecule has 27 heavy (non-hydrogen) atoms. The minimum Gasteiger partial charge on any atom is -0.483 e. The molecule has 0 radical (unpaired) electrons. The number of carbonyl (C=O) groups is 1. The van der Waals surface area contributed by atoms with Crippen LogP contribution in [-0.2, 0) is 18.4 Å². The maximum atomic E-state index is 9.17. The van der Waals surface area contributed by atoms with Crippen LogP contribution in [0.2, 0.25) is 0 Å². The molecule has 4 rings (SSSR count). The van der Waals surface area contributed by atoms with Crippen molar-refractivity contribution in [3.8, 4) is 22.9 Å². The lowest BCUT2D eigenvalue weighted by molar-refractivity contribution is -0.122. The third-order valence-corrected chi connectivity index (χ3v) is 4.39. The molecule has 1 aliphatic carbocycles. The van der Waals surface area contributed by atoms with E-state index < -0.39 is 0 Å². The summed E-state index contributed by atoms with van der Waals surface area (Å²) >= 11 is 0. The van der Waals surface area contributed by atoms with Gasteiger partial charge in [-0.15, -0.1) is 0 Å². The summed E-state index contributed by atoms with van der Waals surface area (Å²) in [5, 5.41) is 32.3. The van der Waals surface area contributed by atoms with Crippen molar-refractivity contribution < 1.29 is 15.0 Å². The second-order valence-electron chi connectivity index (χ2n) is 6.43. The van der Waals surface area contributed by atoms with Crippen LogP contribution in [0.3, 0.4) is 0 Å². The number of aromatic amines is 1. The molecule has 3 aromatic rings. The van der Waals surface area contributed by atoms with Gasteiger partial charge in [-0.3, -0.25) is 14.6 Å². The first-order chi connectivity index (χ1) is 13.1. The molecule has 0 aliphatic heterocycles. The average molecular weight is 373 g/mol. The Bertz CT molecular complexity index is 908. The zero-order valence-corrected chi connectivity index (χ0v) is 15.3. The molecule has 1 fully saturated rings. The van der Waals surface area contributed by atoms with Crippen LogP contribution in [0.5, 0.6) is 0 Å². The molecular weight excluding hydrogens is 350 g/mol. The van der Waals surface area contributed by atoms with Gasteiger partial charge in [-0.1, -0.05) is 0 Å². The van der Waals surface area contributed by atoms with Gasteiger partial charge in [0.25, 0.3) is 6.47 Å². The largest absolute Gasteiger partial charge is 0.483 e. The van der Waals surface area contributed by atoms with E-state index >= 15 is 0 Å². The molecule has 3 heterocycles. The van der Waals surface area contributed by atoms with Gasteiger partial charge in [0.2, 0.25) is 0 Å². The number of aryl methyl sites for hydroxylation is 3. The quantitative estimate of drug-likeness (QED) is 0.555. The Balaban J connectivity index is 0.000000659. The van der Waals surface area contributed by atoms with Crippen molar-refractivity contribution >= 4 is 6.47 Å². The number of hydrogen-bond donors (Lipinski definition) is 3. The molecule has 0 saturated heterocycles. The predicted octanol–water partition coefficient (Wildman–Crippen LogP) is 1.34. The first-order valence-electron chi connectivity index (χ1n) is 8.77. The summed E-state index contributed by atoms with van der Waals surface area (Å²) in [5.74, 6) is 2.01. The van der Waals surface area contributed by atoms with Crippen molar-refractivity contribution in [1.82, 2.24) is 34.7 Å². The second-order valence-corrected chi connectivity index (χ2v) is 6.43. The molecule has 0 spiro atoms. The Morgan fingerprint density at radius 3 is 2.70 bits per heavy atom. The number of aliphatic hydroxyl groups excluding tert-OH is 1. The molecule has 144 valence electrons. The van der Waals surface area contributed by atoms with Crippen molar-refractivity contribution in [3.05, 3.63) is 23.7 Å². The first-order valence-corrected chi connectivity index (χ1v) is 8.77. The van der Waals surface area contributed by atoms with Gasteiger partial charge in [0.05, 0.1) is 17.5 Å². The minimum absolute atomic E-state index is 0.123. The minimum atomic E-state index is -0.250.